The van der Waals surface area contributed by atoms with Crippen LogP contribution < -0.4 is 10.6 Å². The van der Waals surface area contributed by atoms with Gasteiger partial charge in [-0.2, -0.15) is 26.3 Å². The molecule has 1 atom stereocenters. The Hall–Kier alpha value is -1.72. The van der Waals surface area contributed by atoms with Gasteiger partial charge in [0.15, 0.2) is 0 Å². The first-order chi connectivity index (χ1) is 16.1. The lowest BCUT2D eigenvalue weighted by atomic mass is 9.97. The summed E-state index contributed by atoms with van der Waals surface area (Å²) >= 11 is 28.3. The van der Waals surface area contributed by atoms with E-state index in [1.165, 1.54) is 18.2 Å². The van der Waals surface area contributed by atoms with Crippen molar-refractivity contribution >= 4 is 75.6 Å². The molecule has 0 aliphatic rings. The lowest BCUT2D eigenvalue weighted by Gasteiger charge is -2.18. The average molecular weight is 598 g/mol. The van der Waals surface area contributed by atoms with E-state index < -0.39 is 30.7 Å². The topological polar surface area (TPSA) is 41.1 Å². The lowest BCUT2D eigenvalue weighted by Crippen LogP contribution is -2.39. The number of allylic oxidation sites excluding steroid dienone is 1. The molecular formula is C21H14Cl4F6N2OS. The predicted octanol–water partition coefficient (Wildman–Crippen LogP) is 7.87. The molecule has 3 nitrogen and oxygen atoms in total. The molecule has 0 saturated heterocycles. The molecule has 0 heterocycles. The van der Waals surface area contributed by atoms with Gasteiger partial charge >= 0.3 is 12.4 Å². The average Bonchev–Trinajstić information content (AvgIpc) is 2.73. The third-order valence-electron chi connectivity index (χ3n) is 4.33. The number of alkyl halides is 6. The zero-order valence-corrected chi connectivity index (χ0v) is 21.0. The Morgan fingerprint density at radius 3 is 2.06 bits per heavy atom. The maximum absolute atomic E-state index is 13.7. The highest BCUT2D eigenvalue weighted by atomic mass is 35.5. The summed E-state index contributed by atoms with van der Waals surface area (Å²) in [6, 6.07) is 5.97. The molecule has 2 rings (SSSR count). The van der Waals surface area contributed by atoms with Gasteiger partial charge in [-0.3, -0.25) is 4.79 Å². The Morgan fingerprint density at radius 2 is 1.54 bits per heavy atom. The van der Waals surface area contributed by atoms with Crippen LogP contribution in [0.25, 0.3) is 6.08 Å². The molecular weight excluding hydrogens is 584 g/mol. The minimum absolute atomic E-state index is 0.0499. The van der Waals surface area contributed by atoms with Gasteiger partial charge in [0.25, 0.3) is 5.91 Å². The molecule has 190 valence electrons. The van der Waals surface area contributed by atoms with Crippen molar-refractivity contribution in [2.45, 2.75) is 18.3 Å². The SMILES string of the molecule is O=C(NCC(=S)NCC(F)(F)F)c1ccc(/C=C/C(c2cc(Cl)c(Cl)c(Cl)c2)C(F)(F)F)cc1Cl. The Morgan fingerprint density at radius 1 is 0.943 bits per heavy atom. The molecule has 0 radical (unpaired) electrons. The van der Waals surface area contributed by atoms with Gasteiger partial charge < -0.3 is 10.6 Å². The van der Waals surface area contributed by atoms with E-state index in [2.05, 4.69) is 5.32 Å². The van der Waals surface area contributed by atoms with Crippen molar-refractivity contribution in [2.75, 3.05) is 13.1 Å². The highest BCUT2D eigenvalue weighted by molar-refractivity contribution is 7.80. The maximum Gasteiger partial charge on any atom is 0.405 e. The third-order valence-corrected chi connectivity index (χ3v) is 6.13. The third kappa shape index (κ3) is 9.02. The van der Waals surface area contributed by atoms with E-state index in [4.69, 9.17) is 58.6 Å². The normalized spacial score (nSPS) is 13.1. The first-order valence-corrected chi connectivity index (χ1v) is 11.3. The molecule has 0 aromatic heterocycles. The lowest BCUT2D eigenvalue weighted by molar-refractivity contribution is -0.139. The van der Waals surface area contributed by atoms with Crippen molar-refractivity contribution in [3.05, 3.63) is 73.2 Å². The van der Waals surface area contributed by atoms with Crippen LogP contribution in [-0.2, 0) is 0 Å². The summed E-state index contributed by atoms with van der Waals surface area (Å²) in [6.07, 6.45) is -7.14. The summed E-state index contributed by atoms with van der Waals surface area (Å²) in [5.74, 6) is -2.80. The molecule has 1 unspecified atom stereocenters. The summed E-state index contributed by atoms with van der Waals surface area (Å²) in [5, 5.41) is 3.82. The quantitative estimate of drug-likeness (QED) is 0.194. The van der Waals surface area contributed by atoms with E-state index in [1.807, 2.05) is 5.32 Å². The van der Waals surface area contributed by atoms with Crippen molar-refractivity contribution in [1.29, 1.82) is 0 Å². The number of benzene rings is 2. The second-order valence-electron chi connectivity index (χ2n) is 6.99. The minimum atomic E-state index is -4.68. The van der Waals surface area contributed by atoms with Crippen LogP contribution in [0.5, 0.6) is 0 Å². The Balaban J connectivity index is 2.15. The molecule has 2 N–H and O–H groups in total. The predicted molar refractivity (Wildman–Crippen MR) is 130 cm³/mol. The summed E-state index contributed by atoms with van der Waals surface area (Å²) in [5.41, 5.74) is -0.0363. The van der Waals surface area contributed by atoms with Crippen LogP contribution in [0.1, 0.15) is 27.4 Å². The second-order valence-corrected chi connectivity index (χ2v) is 9.08. The van der Waals surface area contributed by atoms with E-state index in [-0.39, 0.29) is 48.3 Å². The molecule has 2 aromatic carbocycles. The molecule has 35 heavy (non-hydrogen) atoms. The molecule has 1 amide bonds. The number of amides is 1. The fourth-order valence-electron chi connectivity index (χ4n) is 2.71. The Kier molecular flexibility index (Phi) is 10.1. The van der Waals surface area contributed by atoms with Gasteiger partial charge in [0.1, 0.15) is 6.54 Å². The molecule has 14 heteroatoms. The van der Waals surface area contributed by atoms with E-state index >= 15 is 0 Å². The zero-order valence-electron chi connectivity index (χ0n) is 17.1. The van der Waals surface area contributed by atoms with Crippen molar-refractivity contribution in [1.82, 2.24) is 10.6 Å². The number of halogens is 10. The summed E-state index contributed by atoms with van der Waals surface area (Å²) in [4.78, 5) is 12.0. The van der Waals surface area contributed by atoms with Gasteiger partial charge in [-0.25, -0.2) is 0 Å². The van der Waals surface area contributed by atoms with Gasteiger partial charge in [0, 0.05) is 0 Å². The largest absolute Gasteiger partial charge is 0.405 e. The summed E-state index contributed by atoms with van der Waals surface area (Å²) in [6.45, 7) is -1.72. The van der Waals surface area contributed by atoms with Crippen LogP contribution in [0.3, 0.4) is 0 Å². The molecule has 0 aliphatic carbocycles. The Bertz CT molecular complexity index is 1110. The van der Waals surface area contributed by atoms with E-state index in [9.17, 15) is 31.1 Å². The molecule has 2 aromatic rings. The number of carbonyl (C=O) groups is 1. The van der Waals surface area contributed by atoms with Gasteiger partial charge in [-0.1, -0.05) is 76.8 Å². The first-order valence-electron chi connectivity index (χ1n) is 9.39. The van der Waals surface area contributed by atoms with Crippen LogP contribution in [-0.4, -0.2) is 36.3 Å². The van der Waals surface area contributed by atoms with Crippen LogP contribution in [0.4, 0.5) is 26.3 Å². The summed E-state index contributed by atoms with van der Waals surface area (Å²) in [7, 11) is 0. The summed E-state index contributed by atoms with van der Waals surface area (Å²) < 4.78 is 77.5. The number of hydrogen-bond acceptors (Lipinski definition) is 2. The molecule has 0 bridgehead atoms. The minimum Gasteiger partial charge on any atom is -0.369 e. The fraction of sp³-hybridized carbons (Fsp3) is 0.238. The highest BCUT2D eigenvalue weighted by Gasteiger charge is 2.39. The second kappa shape index (κ2) is 12.0. The first kappa shape index (κ1) is 29.5. The van der Waals surface area contributed by atoms with E-state index in [0.717, 1.165) is 24.3 Å². The number of thiocarbonyl (C=S) groups is 1. The van der Waals surface area contributed by atoms with Crippen LogP contribution in [0, 0.1) is 0 Å². The Labute approximate surface area is 221 Å². The van der Waals surface area contributed by atoms with Crippen LogP contribution in [0.15, 0.2) is 36.4 Å². The molecule has 0 saturated carbocycles. The number of rotatable bonds is 7. The smallest absolute Gasteiger partial charge is 0.369 e. The molecule has 0 aliphatic heterocycles. The van der Waals surface area contributed by atoms with E-state index in [0.29, 0.717) is 0 Å². The fourth-order valence-corrected chi connectivity index (χ4v) is 3.74. The van der Waals surface area contributed by atoms with Gasteiger partial charge in [-0.15, -0.1) is 0 Å². The highest BCUT2D eigenvalue weighted by Crippen LogP contribution is 2.41. The zero-order chi connectivity index (χ0) is 26.6. The van der Waals surface area contributed by atoms with Gasteiger partial charge in [0.2, 0.25) is 0 Å². The standard InChI is InChI=1S/C21H14Cl4F6N2OS/c22-14-5-10(1-3-12(14)19(34)32-8-17(35)33-9-20(26,27)28)2-4-13(21(29,30)31)11-6-15(23)18(25)16(24)7-11/h1-7,13H,8-9H2,(H,32,34)(H,33,35)/b4-2+. The van der Waals surface area contributed by atoms with Crippen molar-refractivity contribution in [3.63, 3.8) is 0 Å². The van der Waals surface area contributed by atoms with Crippen molar-refractivity contribution in [2.24, 2.45) is 0 Å². The molecule has 0 spiro atoms. The van der Waals surface area contributed by atoms with Gasteiger partial charge in [-0.05, 0) is 35.4 Å². The monoisotopic (exact) mass is 596 g/mol. The number of hydrogen-bond donors (Lipinski definition) is 2. The number of nitrogens with one attached hydrogen (secondary N) is 2. The van der Waals surface area contributed by atoms with E-state index in [1.54, 1.807) is 0 Å². The maximum atomic E-state index is 13.7. The van der Waals surface area contributed by atoms with Crippen LogP contribution in [0.2, 0.25) is 20.1 Å². The number of carbonyl (C=O) groups excluding carboxylic acids is 1. The van der Waals surface area contributed by atoms with Crippen LogP contribution >= 0.6 is 58.6 Å². The van der Waals surface area contributed by atoms with Crippen molar-refractivity contribution in [3.8, 4) is 0 Å². The van der Waals surface area contributed by atoms with Crippen molar-refractivity contribution < 1.29 is 31.1 Å². The molecule has 0 fully saturated rings. The van der Waals surface area contributed by atoms with Gasteiger partial charge in [0.05, 0.1) is 43.1 Å².